The van der Waals surface area contributed by atoms with Crippen LogP contribution >= 0.6 is 75.5 Å². The molecule has 6 aliphatic heterocycles. The van der Waals surface area contributed by atoms with Gasteiger partial charge in [-0.25, -0.2) is 39.5 Å². The lowest BCUT2D eigenvalue weighted by Crippen LogP contribution is -2.59. The quantitative estimate of drug-likeness (QED) is 0.0946. The number of aromatic nitrogens is 9. The van der Waals surface area contributed by atoms with Gasteiger partial charge in [-0.05, 0) is 139 Å². The minimum absolute atomic E-state index is 0. The smallest absolute Gasteiger partial charge is 0.410 e. The molecule has 0 aromatic carbocycles. The number of carbonyl (C=O) groups is 5. The fraction of sp³-hybridized carbons (Fsp3) is 0.418. The van der Waals surface area contributed by atoms with Gasteiger partial charge in [-0.1, -0.05) is 34.8 Å². The van der Waals surface area contributed by atoms with Crippen LogP contribution in [0.5, 0.6) is 0 Å². The van der Waals surface area contributed by atoms with Gasteiger partial charge in [0.15, 0.2) is 0 Å². The fourth-order valence-electron chi connectivity index (χ4n) is 10.8. The zero-order chi connectivity index (χ0) is 62.8. The number of nitrogens with one attached hydrogen (secondary N) is 6. The Kier molecular flexibility index (Phi) is 21.3. The molecule has 12 rings (SSSR count). The molecule has 3 saturated heterocycles. The Morgan fingerprint density at radius 2 is 0.978 bits per heavy atom. The number of nitrogens with zero attached hydrogens (tertiary/aromatic N) is 11. The first-order chi connectivity index (χ1) is 41.1. The second-order valence-corrected chi connectivity index (χ2v) is 25.0. The molecular formula is C55H64BrCl5N18O10. The molecule has 0 aliphatic carbocycles. The highest BCUT2D eigenvalue weighted by atomic mass is 79.9. The number of ether oxygens (including phenoxy) is 2. The highest BCUT2D eigenvalue weighted by molar-refractivity contribution is 9.10. The molecule has 12 heterocycles. The molecule has 89 heavy (non-hydrogen) atoms. The Morgan fingerprint density at radius 3 is 1.35 bits per heavy atom. The number of rotatable bonds is 4. The van der Waals surface area contributed by atoms with E-state index < -0.39 is 57.8 Å². The van der Waals surface area contributed by atoms with Crippen LogP contribution in [-0.2, 0) is 26.5 Å². The lowest BCUT2D eigenvalue weighted by Gasteiger charge is -2.41. The predicted octanol–water partition coefficient (Wildman–Crippen LogP) is 6.87. The van der Waals surface area contributed by atoms with Gasteiger partial charge in [0.2, 0.25) is 0 Å². The summed E-state index contributed by atoms with van der Waals surface area (Å²) in [5, 5.41) is 18.3. The first-order valence-electron chi connectivity index (χ1n) is 27.4. The molecule has 6 aliphatic rings. The average molecular weight is 1390 g/mol. The molecule has 5 amide bonds. The number of pyridine rings is 3. The lowest BCUT2D eigenvalue weighted by molar-refractivity contribution is 0.00246. The summed E-state index contributed by atoms with van der Waals surface area (Å²) in [6.07, 6.45) is 11.6. The predicted molar refractivity (Wildman–Crippen MR) is 339 cm³/mol. The Labute approximate surface area is 544 Å². The van der Waals surface area contributed by atoms with E-state index in [0.717, 1.165) is 13.0 Å². The van der Waals surface area contributed by atoms with Crippen molar-refractivity contribution < 1.29 is 33.4 Å². The maximum absolute atomic E-state index is 13.4. The number of anilines is 5. The third-order valence-corrected chi connectivity index (χ3v) is 15.7. The topological polar surface area (TPSA) is 352 Å². The van der Waals surface area contributed by atoms with Crippen LogP contribution in [0.3, 0.4) is 0 Å². The molecule has 34 heteroatoms. The normalized spacial score (nSPS) is 20.2. The van der Waals surface area contributed by atoms with E-state index in [0.29, 0.717) is 69.2 Å². The maximum atomic E-state index is 13.4. The van der Waals surface area contributed by atoms with Crippen LogP contribution in [0.2, 0.25) is 15.1 Å². The van der Waals surface area contributed by atoms with Crippen LogP contribution in [-0.4, -0.2) is 134 Å². The molecule has 0 saturated carbocycles. The van der Waals surface area contributed by atoms with E-state index >= 15 is 0 Å². The summed E-state index contributed by atoms with van der Waals surface area (Å²) in [6.45, 7) is 13.3. The Morgan fingerprint density at radius 1 is 0.584 bits per heavy atom. The molecule has 3 spiro atoms. The number of halogens is 6. The molecule has 6 aromatic heterocycles. The number of nitrogen functional groups attached to an aromatic ring is 1. The number of fused-ring (bicyclic) bond motifs is 6. The minimum Gasteiger partial charge on any atom is -0.444 e. The van der Waals surface area contributed by atoms with Crippen molar-refractivity contribution in [3.05, 3.63) is 142 Å². The van der Waals surface area contributed by atoms with Crippen molar-refractivity contribution in [3.8, 4) is 0 Å². The first-order valence-corrected chi connectivity index (χ1v) is 29.3. The highest BCUT2D eigenvalue weighted by Crippen LogP contribution is 2.38. The summed E-state index contributed by atoms with van der Waals surface area (Å²) in [6, 6.07) is 9.18. The third kappa shape index (κ3) is 15.0. The molecule has 6 aromatic rings. The molecule has 0 radical (unpaired) electrons. The number of nitrogens with two attached hydrogens (primary N) is 1. The summed E-state index contributed by atoms with van der Waals surface area (Å²) < 4.78 is 15.4. The third-order valence-electron chi connectivity index (χ3n) is 14.3. The van der Waals surface area contributed by atoms with E-state index in [2.05, 4.69) is 77.7 Å². The molecule has 3 atom stereocenters. The van der Waals surface area contributed by atoms with E-state index in [1.807, 2.05) is 0 Å². The highest BCUT2D eigenvalue weighted by Gasteiger charge is 2.51. The van der Waals surface area contributed by atoms with Gasteiger partial charge in [0.25, 0.3) is 34.4 Å². The Balaban J connectivity index is 0.000000179. The standard InChI is InChI=1S/C20H23ClN6O4.C16H19BrClN3O4.C15H15ClN6O2.C4H5N3.2ClH/c1-19(2,3)31-18(30)26-8-4-6-20(10-26)25-16(28)15-12(21)9-13(17(29)27(15)20)24-14-5-7-22-11-23-14;1-15(2,3)25-14(24)20-6-4-5-16(8-20)19-12(22)11-10(18)7-9(17)13(23)21(11)16;16-9-6-10(20-11-2-5-18-8-19-11)14(24)22-12(9)13(23)21-15(22)3-1-4-17-7-15;5-4-1-2-6-3-7-4;;/h5,7,9,11H,4,6,8,10H2,1-3H3,(H,25,28)(H,22,23,24);7H,4-6,8H2,1-3H3,(H,19,22);2,5-6,8,17H,1,3-4,7H2,(H,21,23)(H,18,19,20);1-3H,(H2,5,6,7);2*1H. The molecule has 0 bridgehead atoms. The Bertz CT molecular complexity index is 3840. The summed E-state index contributed by atoms with van der Waals surface area (Å²) in [7, 11) is 0. The van der Waals surface area contributed by atoms with Gasteiger partial charge in [0, 0.05) is 38.2 Å². The number of likely N-dealkylation sites (tertiary alicyclic amines) is 2. The molecular weight excluding hydrogens is 1330 g/mol. The summed E-state index contributed by atoms with van der Waals surface area (Å²) in [5.74, 6) is 0.202. The van der Waals surface area contributed by atoms with E-state index in [1.54, 1.807) is 72.1 Å². The second-order valence-electron chi connectivity index (χ2n) is 22.9. The molecule has 8 N–H and O–H groups in total. The van der Waals surface area contributed by atoms with Crippen LogP contribution < -0.4 is 54.3 Å². The monoisotopic (exact) mass is 1390 g/mol. The summed E-state index contributed by atoms with van der Waals surface area (Å²) in [4.78, 5) is 128. The van der Waals surface area contributed by atoms with E-state index in [9.17, 15) is 38.4 Å². The Hall–Kier alpha value is -7.67. The van der Waals surface area contributed by atoms with Crippen LogP contribution in [0.15, 0.2) is 92.8 Å². The van der Waals surface area contributed by atoms with Gasteiger partial charge in [0.05, 0.1) is 32.6 Å². The minimum atomic E-state index is -1.11. The number of amides is 5. The number of carbonyl (C=O) groups excluding carboxylic acids is 5. The number of hydrogen-bond acceptors (Lipinski definition) is 20. The first kappa shape index (κ1) is 68.8. The molecule has 476 valence electrons. The van der Waals surface area contributed by atoms with Crippen molar-refractivity contribution in [1.82, 2.24) is 74.7 Å². The SMILES string of the molecule is CC(C)(C)OC(=O)N1CCCC2(C1)NC(=O)c1c(Cl)cc(Br)c(=O)n12.CC(C)(C)OC(=O)N1CCCC2(C1)NC(=O)c1c(Cl)cc(Nc3ccncn3)c(=O)n12.Cl.Cl.Nc1ccncn1.O=C1NC2(CCCNC2)n2c1c(Cl)cc(Nc1ccncn1)c2=O. The van der Waals surface area contributed by atoms with Crippen molar-refractivity contribution in [3.63, 3.8) is 0 Å². The second kappa shape index (κ2) is 27.6. The van der Waals surface area contributed by atoms with Gasteiger partial charge in [-0.2, -0.15) is 0 Å². The number of hydrogen-bond donors (Lipinski definition) is 7. The summed E-state index contributed by atoms with van der Waals surface area (Å²) >= 11 is 22.1. The van der Waals surface area contributed by atoms with Crippen molar-refractivity contribution in [2.45, 2.75) is 108 Å². The van der Waals surface area contributed by atoms with Gasteiger partial charge in [-0.15, -0.1) is 24.8 Å². The maximum Gasteiger partial charge on any atom is 0.410 e. The molecule has 28 nitrogen and oxygen atoms in total. The van der Waals surface area contributed by atoms with Crippen LogP contribution in [0.1, 0.15) is 112 Å². The average Bonchev–Trinajstić information content (AvgIpc) is 1.64. The van der Waals surface area contributed by atoms with Gasteiger partial charge >= 0.3 is 12.2 Å². The van der Waals surface area contributed by atoms with Gasteiger partial charge < -0.3 is 56.9 Å². The van der Waals surface area contributed by atoms with Crippen LogP contribution in [0.4, 0.5) is 38.4 Å². The van der Waals surface area contributed by atoms with E-state index in [1.165, 1.54) is 66.9 Å². The fourth-order valence-corrected chi connectivity index (χ4v) is 12.2. The van der Waals surface area contributed by atoms with Gasteiger partial charge in [0.1, 0.15) is 93.1 Å². The van der Waals surface area contributed by atoms with Crippen LogP contribution in [0, 0.1) is 0 Å². The summed E-state index contributed by atoms with van der Waals surface area (Å²) in [5.41, 5.74) is 0.771. The molecule has 3 fully saturated rings. The van der Waals surface area contributed by atoms with Crippen molar-refractivity contribution in [2.24, 2.45) is 0 Å². The molecule has 3 unspecified atom stereocenters. The van der Waals surface area contributed by atoms with Crippen molar-refractivity contribution in [2.75, 3.05) is 55.6 Å². The van der Waals surface area contributed by atoms with Crippen LogP contribution in [0.25, 0.3) is 0 Å². The number of piperidine rings is 3. The van der Waals surface area contributed by atoms with Crippen molar-refractivity contribution >= 4 is 134 Å². The van der Waals surface area contributed by atoms with E-state index in [4.69, 9.17) is 50.0 Å². The van der Waals surface area contributed by atoms with E-state index in [-0.39, 0.29) is 103 Å². The zero-order valence-electron chi connectivity index (χ0n) is 48.8. The largest absolute Gasteiger partial charge is 0.444 e. The zero-order valence-corrected chi connectivity index (χ0v) is 54.3. The lowest BCUT2D eigenvalue weighted by atomic mass is 9.98. The van der Waals surface area contributed by atoms with Crippen molar-refractivity contribution in [1.29, 1.82) is 0 Å². The van der Waals surface area contributed by atoms with Gasteiger partial charge in [-0.3, -0.25) is 42.5 Å².